The van der Waals surface area contributed by atoms with Gasteiger partial charge in [-0.15, -0.1) is 0 Å². The quantitative estimate of drug-likeness (QED) is 0.668. The van der Waals surface area contributed by atoms with Crippen molar-refractivity contribution in [2.45, 2.75) is 45.1 Å². The second-order valence-corrected chi connectivity index (χ2v) is 9.19. The maximum atomic E-state index is 13.5. The number of hydrogen-bond acceptors (Lipinski definition) is 6. The second-order valence-electron chi connectivity index (χ2n) is 7.39. The van der Waals surface area contributed by atoms with Gasteiger partial charge in [-0.2, -0.15) is 5.10 Å². The van der Waals surface area contributed by atoms with Crippen LogP contribution in [0, 0.1) is 20.8 Å². The molecular formula is C20H23N5O4S. The molecule has 0 aliphatic carbocycles. The van der Waals surface area contributed by atoms with Gasteiger partial charge in [0.15, 0.2) is 5.82 Å². The molecule has 0 saturated carbocycles. The van der Waals surface area contributed by atoms with Crippen LogP contribution < -0.4 is 9.62 Å². The zero-order chi connectivity index (χ0) is 21.6. The summed E-state index contributed by atoms with van der Waals surface area (Å²) in [6.45, 7) is 7.07. The number of rotatable bonds is 5. The van der Waals surface area contributed by atoms with Crippen LogP contribution >= 0.6 is 0 Å². The van der Waals surface area contributed by atoms with E-state index in [0.29, 0.717) is 41.6 Å². The zero-order valence-electron chi connectivity index (χ0n) is 17.2. The number of sulfonamides is 1. The maximum absolute atomic E-state index is 13.5. The van der Waals surface area contributed by atoms with E-state index in [-0.39, 0.29) is 10.8 Å². The normalized spacial score (nSPS) is 14.6. The van der Waals surface area contributed by atoms with Crippen LogP contribution in [0.25, 0.3) is 0 Å². The summed E-state index contributed by atoms with van der Waals surface area (Å²) in [5.41, 5.74) is 2.46. The van der Waals surface area contributed by atoms with Gasteiger partial charge in [0.25, 0.3) is 10.0 Å². The molecule has 2 aromatic heterocycles. The number of aryl methyl sites for hydroxylation is 2. The molecule has 1 aliphatic rings. The van der Waals surface area contributed by atoms with Crippen LogP contribution in [0.15, 0.2) is 39.8 Å². The SMILES string of the molecule is Cc1cc(NC(=O)C(C)n2nc(C)c(S(=O)(=O)N3CCc4ccccc43)c2C)no1. The van der Waals surface area contributed by atoms with Crippen molar-refractivity contribution < 1.29 is 17.7 Å². The predicted molar refractivity (Wildman–Crippen MR) is 111 cm³/mol. The molecule has 1 aliphatic heterocycles. The standard InChI is InChI=1S/C20H23N5O4S/c1-12-11-18(23-29-12)21-20(26)15(4)25-14(3)19(13(2)22-25)30(27,28)24-10-9-16-7-5-6-8-17(16)24/h5-8,11,15H,9-10H2,1-4H3,(H,21,23,26). The number of nitrogens with zero attached hydrogens (tertiary/aromatic N) is 4. The third kappa shape index (κ3) is 3.26. The highest BCUT2D eigenvalue weighted by Gasteiger charge is 2.36. The summed E-state index contributed by atoms with van der Waals surface area (Å²) in [5, 5.41) is 10.8. The zero-order valence-corrected chi connectivity index (χ0v) is 18.0. The molecule has 10 heteroatoms. The maximum Gasteiger partial charge on any atom is 0.268 e. The van der Waals surface area contributed by atoms with Gasteiger partial charge < -0.3 is 9.84 Å². The highest BCUT2D eigenvalue weighted by atomic mass is 32.2. The molecule has 4 rings (SSSR count). The van der Waals surface area contributed by atoms with Gasteiger partial charge in [0, 0.05) is 12.6 Å². The van der Waals surface area contributed by atoms with Crippen LogP contribution in [0.5, 0.6) is 0 Å². The van der Waals surface area contributed by atoms with E-state index >= 15 is 0 Å². The summed E-state index contributed by atoms with van der Waals surface area (Å²) in [5.74, 6) is 0.500. The van der Waals surface area contributed by atoms with Crippen LogP contribution in [0.2, 0.25) is 0 Å². The Morgan fingerprint density at radius 2 is 1.97 bits per heavy atom. The minimum Gasteiger partial charge on any atom is -0.360 e. The molecule has 1 N–H and O–H groups in total. The summed E-state index contributed by atoms with van der Waals surface area (Å²) >= 11 is 0. The Balaban J connectivity index is 1.66. The van der Waals surface area contributed by atoms with Crippen molar-refractivity contribution in [2.24, 2.45) is 0 Å². The van der Waals surface area contributed by atoms with E-state index in [1.807, 2.05) is 24.3 Å². The van der Waals surface area contributed by atoms with Crippen LogP contribution in [0.3, 0.4) is 0 Å². The fourth-order valence-electron chi connectivity index (χ4n) is 3.83. The number of aromatic nitrogens is 3. The molecule has 1 unspecified atom stereocenters. The molecule has 0 fully saturated rings. The predicted octanol–water partition coefficient (Wildman–Crippen LogP) is 2.75. The van der Waals surface area contributed by atoms with Crippen molar-refractivity contribution in [3.8, 4) is 0 Å². The lowest BCUT2D eigenvalue weighted by Crippen LogP contribution is -2.30. The summed E-state index contributed by atoms with van der Waals surface area (Å²) in [6, 6.07) is 8.34. The lowest BCUT2D eigenvalue weighted by atomic mass is 10.2. The molecular weight excluding hydrogens is 406 g/mol. The van der Waals surface area contributed by atoms with Crippen molar-refractivity contribution in [3.05, 3.63) is 53.0 Å². The van der Waals surface area contributed by atoms with Crippen molar-refractivity contribution in [1.29, 1.82) is 0 Å². The Hall–Kier alpha value is -3.14. The van der Waals surface area contributed by atoms with Crippen LogP contribution in [-0.4, -0.2) is 35.8 Å². The van der Waals surface area contributed by atoms with Crippen LogP contribution in [0.1, 0.15) is 35.7 Å². The van der Waals surface area contributed by atoms with Crippen LogP contribution in [0.4, 0.5) is 11.5 Å². The molecule has 3 aromatic rings. The van der Waals surface area contributed by atoms with Gasteiger partial charge in [0.1, 0.15) is 16.7 Å². The van der Waals surface area contributed by atoms with E-state index in [4.69, 9.17) is 4.52 Å². The monoisotopic (exact) mass is 429 g/mol. The van der Waals surface area contributed by atoms with Crippen molar-refractivity contribution in [2.75, 3.05) is 16.2 Å². The number of anilines is 2. The largest absolute Gasteiger partial charge is 0.360 e. The molecule has 3 heterocycles. The van der Waals surface area contributed by atoms with E-state index in [9.17, 15) is 13.2 Å². The molecule has 0 saturated heterocycles. The van der Waals surface area contributed by atoms with Crippen molar-refractivity contribution >= 4 is 27.4 Å². The number of carbonyl (C=O) groups excluding carboxylic acids is 1. The molecule has 9 nitrogen and oxygen atoms in total. The summed E-state index contributed by atoms with van der Waals surface area (Å²) < 4.78 is 34.8. The average Bonchev–Trinajstić information content (AvgIpc) is 3.38. The van der Waals surface area contributed by atoms with Gasteiger partial charge in [0.05, 0.1) is 17.1 Å². The molecule has 0 spiro atoms. The van der Waals surface area contributed by atoms with Crippen molar-refractivity contribution in [3.63, 3.8) is 0 Å². The Morgan fingerprint density at radius 1 is 1.23 bits per heavy atom. The van der Waals surface area contributed by atoms with E-state index in [0.717, 1.165) is 5.56 Å². The number of nitrogens with one attached hydrogen (secondary N) is 1. The Labute approximate surface area is 174 Å². The topological polar surface area (TPSA) is 110 Å². The molecule has 0 radical (unpaired) electrons. The van der Waals surface area contributed by atoms with E-state index in [2.05, 4.69) is 15.6 Å². The number of fused-ring (bicyclic) bond motifs is 1. The number of benzene rings is 1. The average molecular weight is 430 g/mol. The lowest BCUT2D eigenvalue weighted by Gasteiger charge is -2.20. The minimum absolute atomic E-state index is 0.135. The van der Waals surface area contributed by atoms with Gasteiger partial charge in [-0.05, 0) is 45.7 Å². The van der Waals surface area contributed by atoms with Gasteiger partial charge in [-0.25, -0.2) is 8.42 Å². The first kappa shape index (κ1) is 20.1. The Kier molecular flexibility index (Phi) is 4.89. The first-order chi connectivity index (χ1) is 14.2. The smallest absolute Gasteiger partial charge is 0.268 e. The number of hydrogen-bond donors (Lipinski definition) is 1. The third-order valence-electron chi connectivity index (χ3n) is 5.28. The van der Waals surface area contributed by atoms with Gasteiger partial charge in [-0.1, -0.05) is 23.4 Å². The highest BCUT2D eigenvalue weighted by Crippen LogP contribution is 2.35. The first-order valence-electron chi connectivity index (χ1n) is 9.60. The molecule has 1 atom stereocenters. The van der Waals surface area contributed by atoms with E-state index < -0.39 is 16.1 Å². The molecule has 1 aromatic carbocycles. The van der Waals surface area contributed by atoms with Gasteiger partial charge >= 0.3 is 0 Å². The molecule has 30 heavy (non-hydrogen) atoms. The highest BCUT2D eigenvalue weighted by molar-refractivity contribution is 7.93. The van der Waals surface area contributed by atoms with Gasteiger partial charge in [-0.3, -0.25) is 13.8 Å². The first-order valence-corrected chi connectivity index (χ1v) is 11.0. The number of amides is 1. The third-order valence-corrected chi connectivity index (χ3v) is 7.34. The summed E-state index contributed by atoms with van der Waals surface area (Å²) in [4.78, 5) is 12.8. The minimum atomic E-state index is -3.82. The number of carbonyl (C=O) groups is 1. The fourth-order valence-corrected chi connectivity index (χ4v) is 5.70. The van der Waals surface area contributed by atoms with E-state index in [1.54, 1.807) is 33.8 Å². The lowest BCUT2D eigenvalue weighted by molar-refractivity contribution is -0.119. The summed E-state index contributed by atoms with van der Waals surface area (Å²) in [7, 11) is -3.82. The fraction of sp³-hybridized carbons (Fsp3) is 0.350. The van der Waals surface area contributed by atoms with Gasteiger partial charge in [0.2, 0.25) is 5.91 Å². The molecule has 1 amide bonds. The number of para-hydroxylation sites is 1. The summed E-state index contributed by atoms with van der Waals surface area (Å²) in [6.07, 6.45) is 0.664. The second kappa shape index (κ2) is 7.28. The molecule has 158 valence electrons. The Bertz CT molecular complexity index is 1230. The molecule has 0 bridgehead atoms. The van der Waals surface area contributed by atoms with Crippen LogP contribution in [-0.2, 0) is 21.2 Å². The van der Waals surface area contributed by atoms with Crippen molar-refractivity contribution in [1.82, 2.24) is 14.9 Å². The van der Waals surface area contributed by atoms with E-state index in [1.165, 1.54) is 8.99 Å². The Morgan fingerprint density at radius 3 is 2.67 bits per heavy atom.